The molecule has 168 valence electrons. The van der Waals surface area contributed by atoms with Gasteiger partial charge in [0.1, 0.15) is 0 Å². The van der Waals surface area contributed by atoms with E-state index in [0.29, 0.717) is 5.02 Å². The number of nitrogens with zero attached hydrogens (tertiary/aromatic N) is 2. The van der Waals surface area contributed by atoms with Crippen molar-refractivity contribution in [3.63, 3.8) is 0 Å². The summed E-state index contributed by atoms with van der Waals surface area (Å²) < 4.78 is 28.9. The molecule has 1 saturated heterocycles. The van der Waals surface area contributed by atoms with Gasteiger partial charge in [-0.1, -0.05) is 42.1 Å². The topological polar surface area (TPSA) is 52.6 Å². The highest BCUT2D eigenvalue weighted by Gasteiger charge is 2.35. The van der Waals surface area contributed by atoms with Crippen molar-refractivity contribution in [2.24, 2.45) is 0 Å². The maximum atomic E-state index is 13.0. The van der Waals surface area contributed by atoms with Crippen molar-refractivity contribution in [1.82, 2.24) is 9.62 Å². The van der Waals surface area contributed by atoms with E-state index in [1.54, 1.807) is 24.3 Å². The van der Waals surface area contributed by atoms with Crippen LogP contribution in [-0.4, -0.2) is 51.6 Å². The Morgan fingerprint density at radius 3 is 2.26 bits per heavy atom. The van der Waals surface area contributed by atoms with Crippen LogP contribution in [-0.2, 0) is 10.0 Å². The second kappa shape index (κ2) is 9.67. The van der Waals surface area contributed by atoms with E-state index < -0.39 is 10.0 Å². The maximum absolute atomic E-state index is 13.0. The van der Waals surface area contributed by atoms with Crippen LogP contribution in [0.4, 0.5) is 5.69 Å². The van der Waals surface area contributed by atoms with Gasteiger partial charge in [0.05, 0.1) is 4.90 Å². The number of anilines is 1. The molecule has 0 bridgehead atoms. The molecule has 2 aliphatic rings. The predicted molar refractivity (Wildman–Crippen MR) is 128 cm³/mol. The van der Waals surface area contributed by atoms with E-state index in [-0.39, 0.29) is 17.0 Å². The van der Waals surface area contributed by atoms with E-state index >= 15 is 0 Å². The molecule has 1 saturated carbocycles. The normalized spacial score (nSPS) is 23.1. The van der Waals surface area contributed by atoms with E-state index in [2.05, 4.69) is 27.5 Å². The van der Waals surface area contributed by atoms with Crippen molar-refractivity contribution in [3.8, 4) is 0 Å². The minimum Gasteiger partial charge on any atom is -0.369 e. The van der Waals surface area contributed by atoms with Crippen LogP contribution in [0.5, 0.6) is 0 Å². The van der Waals surface area contributed by atoms with Crippen molar-refractivity contribution in [2.45, 2.75) is 49.6 Å². The summed E-state index contributed by atoms with van der Waals surface area (Å²) in [5, 5.41) is 1.29. The standard InChI is InChI=1S/C23H29Cl2N3O2S/c1-17-6-7-19(25)16-23(17)28-14-12-27(13-15-28)22-5-3-2-4-21(22)26-31(29,30)20-10-8-18(24)9-11-20/h6-11,16,21-22,26H,2-5,12-15H2,1H3/t21-,22-/m0/s1. The second-order valence-corrected chi connectivity index (χ2v) is 11.1. The third kappa shape index (κ3) is 5.37. The van der Waals surface area contributed by atoms with Gasteiger partial charge in [-0.3, -0.25) is 4.90 Å². The molecule has 2 atom stereocenters. The summed E-state index contributed by atoms with van der Waals surface area (Å²) in [6.45, 7) is 5.76. The largest absolute Gasteiger partial charge is 0.369 e. The fraction of sp³-hybridized carbons (Fsp3) is 0.478. The zero-order chi connectivity index (χ0) is 22.0. The Hall–Kier alpha value is -1.31. The van der Waals surface area contributed by atoms with Gasteiger partial charge in [0.25, 0.3) is 0 Å². The van der Waals surface area contributed by atoms with Crippen molar-refractivity contribution in [3.05, 3.63) is 58.1 Å². The Balaban J connectivity index is 1.43. The molecule has 2 fully saturated rings. The molecule has 31 heavy (non-hydrogen) atoms. The Bertz CT molecular complexity index is 1010. The van der Waals surface area contributed by atoms with Crippen LogP contribution >= 0.6 is 23.2 Å². The van der Waals surface area contributed by atoms with Gasteiger partial charge >= 0.3 is 0 Å². The number of halogens is 2. The Morgan fingerprint density at radius 1 is 0.903 bits per heavy atom. The molecule has 0 spiro atoms. The molecule has 8 heteroatoms. The molecular weight excluding hydrogens is 453 g/mol. The lowest BCUT2D eigenvalue weighted by atomic mass is 9.89. The molecule has 4 rings (SSSR count). The van der Waals surface area contributed by atoms with Gasteiger partial charge in [0, 0.05) is 54.0 Å². The third-order valence-corrected chi connectivity index (χ3v) is 8.45. The Labute approximate surface area is 195 Å². The smallest absolute Gasteiger partial charge is 0.240 e. The molecule has 0 radical (unpaired) electrons. The predicted octanol–water partition coefficient (Wildman–Crippen LogP) is 4.71. The minimum atomic E-state index is -3.57. The van der Waals surface area contributed by atoms with Gasteiger partial charge in [-0.2, -0.15) is 0 Å². The van der Waals surface area contributed by atoms with E-state index in [4.69, 9.17) is 23.2 Å². The van der Waals surface area contributed by atoms with Crippen molar-refractivity contribution in [1.29, 1.82) is 0 Å². The number of sulfonamides is 1. The zero-order valence-electron chi connectivity index (χ0n) is 17.7. The molecular formula is C23H29Cl2N3O2S. The second-order valence-electron chi connectivity index (χ2n) is 8.49. The molecule has 2 aromatic carbocycles. The number of aryl methyl sites for hydroxylation is 1. The van der Waals surface area contributed by atoms with Crippen molar-refractivity contribution >= 4 is 38.9 Å². The Kier molecular flexibility index (Phi) is 7.14. The van der Waals surface area contributed by atoms with Gasteiger partial charge < -0.3 is 4.90 Å². The monoisotopic (exact) mass is 481 g/mol. The number of benzene rings is 2. The van der Waals surface area contributed by atoms with E-state index in [9.17, 15) is 8.42 Å². The molecule has 0 aromatic heterocycles. The molecule has 1 aliphatic carbocycles. The molecule has 5 nitrogen and oxygen atoms in total. The summed E-state index contributed by atoms with van der Waals surface area (Å²) in [7, 11) is -3.57. The first-order valence-electron chi connectivity index (χ1n) is 10.9. The van der Waals surface area contributed by atoms with Crippen molar-refractivity contribution < 1.29 is 8.42 Å². The third-order valence-electron chi connectivity index (χ3n) is 6.46. The molecule has 2 aromatic rings. The summed E-state index contributed by atoms with van der Waals surface area (Å²) in [6.07, 6.45) is 4.07. The number of nitrogens with one attached hydrogen (secondary N) is 1. The van der Waals surface area contributed by atoms with Crippen molar-refractivity contribution in [2.75, 3.05) is 31.1 Å². The summed E-state index contributed by atoms with van der Waals surface area (Å²) in [5.41, 5.74) is 2.42. The first-order chi connectivity index (χ1) is 14.8. The average Bonchev–Trinajstić information content (AvgIpc) is 2.76. The van der Waals surface area contributed by atoms with Gasteiger partial charge in [-0.25, -0.2) is 13.1 Å². The highest BCUT2D eigenvalue weighted by molar-refractivity contribution is 7.89. The van der Waals surface area contributed by atoms with Crippen LogP contribution in [0.1, 0.15) is 31.2 Å². The van der Waals surface area contributed by atoms with Gasteiger partial charge in [-0.05, 0) is 61.7 Å². The summed E-state index contributed by atoms with van der Waals surface area (Å²) in [4.78, 5) is 5.11. The van der Waals surface area contributed by atoms with Crippen LogP contribution in [0.2, 0.25) is 10.0 Å². The first-order valence-corrected chi connectivity index (χ1v) is 13.1. The average molecular weight is 482 g/mol. The minimum absolute atomic E-state index is 0.0751. The molecule has 1 N–H and O–H groups in total. The van der Waals surface area contributed by atoms with E-state index in [1.807, 2.05) is 12.1 Å². The van der Waals surface area contributed by atoms with Crippen LogP contribution in [0, 0.1) is 6.92 Å². The van der Waals surface area contributed by atoms with Gasteiger partial charge in [-0.15, -0.1) is 0 Å². The van der Waals surface area contributed by atoms with Crippen LogP contribution < -0.4 is 9.62 Å². The lowest BCUT2D eigenvalue weighted by molar-refractivity contribution is 0.124. The molecule has 0 unspecified atom stereocenters. The highest BCUT2D eigenvalue weighted by atomic mass is 35.5. The van der Waals surface area contributed by atoms with E-state index in [0.717, 1.165) is 56.9 Å². The summed E-state index contributed by atoms with van der Waals surface area (Å²) >= 11 is 12.1. The molecule has 0 amide bonds. The fourth-order valence-corrected chi connectivity index (χ4v) is 6.38. The first kappa shape index (κ1) is 22.9. The SMILES string of the molecule is Cc1ccc(Cl)cc1N1CCN([C@H]2CCCC[C@@H]2NS(=O)(=O)c2ccc(Cl)cc2)CC1. The van der Waals surface area contributed by atoms with Crippen LogP contribution in [0.25, 0.3) is 0 Å². The number of piperazine rings is 1. The summed E-state index contributed by atoms with van der Waals surface area (Å²) in [6, 6.07) is 12.5. The lowest BCUT2D eigenvalue weighted by Gasteiger charge is -2.45. The number of hydrogen-bond donors (Lipinski definition) is 1. The maximum Gasteiger partial charge on any atom is 0.240 e. The van der Waals surface area contributed by atoms with Crippen LogP contribution in [0.15, 0.2) is 47.4 Å². The zero-order valence-corrected chi connectivity index (χ0v) is 20.1. The lowest BCUT2D eigenvalue weighted by Crippen LogP contribution is -2.58. The summed E-state index contributed by atoms with van der Waals surface area (Å²) in [5.74, 6) is 0. The molecule has 1 aliphatic heterocycles. The van der Waals surface area contributed by atoms with Gasteiger partial charge in [0.15, 0.2) is 0 Å². The Morgan fingerprint density at radius 2 is 1.55 bits per heavy atom. The molecule has 1 heterocycles. The number of rotatable bonds is 5. The quantitative estimate of drug-likeness (QED) is 0.671. The number of hydrogen-bond acceptors (Lipinski definition) is 4. The van der Waals surface area contributed by atoms with E-state index in [1.165, 1.54) is 11.3 Å². The highest BCUT2D eigenvalue weighted by Crippen LogP contribution is 2.29. The van der Waals surface area contributed by atoms with Gasteiger partial charge in [0.2, 0.25) is 10.0 Å². The van der Waals surface area contributed by atoms with Crippen LogP contribution in [0.3, 0.4) is 0 Å². The fourth-order valence-electron chi connectivity index (χ4n) is 4.78.